The van der Waals surface area contributed by atoms with Crippen molar-refractivity contribution in [2.24, 2.45) is 5.16 Å². The molecule has 1 unspecified atom stereocenters. The molecular formula is C18H18F3N3O2. The van der Waals surface area contributed by atoms with E-state index < -0.39 is 18.4 Å². The van der Waals surface area contributed by atoms with Crippen molar-refractivity contribution >= 4 is 5.71 Å². The lowest BCUT2D eigenvalue weighted by Gasteiger charge is -2.22. The van der Waals surface area contributed by atoms with Crippen LogP contribution in [0.15, 0.2) is 41.9 Å². The summed E-state index contributed by atoms with van der Waals surface area (Å²) in [6.07, 6.45) is -1.74. The Morgan fingerprint density at radius 3 is 2.50 bits per heavy atom. The molecule has 0 saturated carbocycles. The van der Waals surface area contributed by atoms with Gasteiger partial charge in [0.2, 0.25) is 0 Å². The Kier molecular flexibility index (Phi) is 4.70. The van der Waals surface area contributed by atoms with Crippen LogP contribution in [0.2, 0.25) is 0 Å². The highest BCUT2D eigenvalue weighted by molar-refractivity contribution is 6.01. The van der Waals surface area contributed by atoms with Crippen molar-refractivity contribution in [2.45, 2.75) is 44.6 Å². The largest absolute Gasteiger partial charge is 0.458 e. The highest BCUT2D eigenvalue weighted by atomic mass is 19.4. The third-order valence-corrected chi connectivity index (χ3v) is 4.21. The molecule has 0 bridgehead atoms. The van der Waals surface area contributed by atoms with Gasteiger partial charge in [-0.05, 0) is 22.6 Å². The van der Waals surface area contributed by atoms with Crippen molar-refractivity contribution in [1.82, 2.24) is 9.97 Å². The average Bonchev–Trinajstić information content (AvgIpc) is 2.99. The molecule has 2 aromatic rings. The Hall–Kier alpha value is -2.48. The normalized spacial score (nSPS) is 20.2. The van der Waals surface area contributed by atoms with Gasteiger partial charge in [0.15, 0.2) is 0 Å². The van der Waals surface area contributed by atoms with E-state index >= 15 is 0 Å². The van der Waals surface area contributed by atoms with Gasteiger partial charge in [-0.25, -0.2) is 9.97 Å². The molecule has 0 spiro atoms. The standard InChI is InChI=1S/C18H18F3N3O2/c1-11(2)16-14(9-22-10-23-16)7-12-3-5-13(6-4-12)15-8-17(25,26-24-15)18(19,20)21/h3-6,9-11,25H,7-8H2,1-2H3. The summed E-state index contributed by atoms with van der Waals surface area (Å²) in [5, 5.41) is 12.9. The number of halogens is 3. The van der Waals surface area contributed by atoms with E-state index in [0.29, 0.717) is 12.0 Å². The van der Waals surface area contributed by atoms with Crippen molar-refractivity contribution in [2.75, 3.05) is 0 Å². The number of nitrogens with zero attached hydrogens (tertiary/aromatic N) is 3. The highest BCUT2D eigenvalue weighted by Crippen LogP contribution is 2.38. The minimum Gasteiger partial charge on any atom is -0.350 e. The first-order chi connectivity index (χ1) is 12.2. The van der Waals surface area contributed by atoms with Gasteiger partial charge in [0, 0.05) is 18.3 Å². The van der Waals surface area contributed by atoms with Crippen LogP contribution in [0.3, 0.4) is 0 Å². The molecule has 1 atom stereocenters. The van der Waals surface area contributed by atoms with Crippen LogP contribution < -0.4 is 0 Å². The number of rotatable bonds is 4. The fourth-order valence-corrected chi connectivity index (χ4v) is 2.79. The molecular weight excluding hydrogens is 347 g/mol. The summed E-state index contributed by atoms with van der Waals surface area (Å²) in [4.78, 5) is 12.6. The number of hydrogen-bond donors (Lipinski definition) is 1. The lowest BCUT2D eigenvalue weighted by atomic mass is 9.97. The van der Waals surface area contributed by atoms with Crippen molar-refractivity contribution in [3.63, 3.8) is 0 Å². The summed E-state index contributed by atoms with van der Waals surface area (Å²) in [6, 6.07) is 6.94. The van der Waals surface area contributed by atoms with Gasteiger partial charge in [-0.2, -0.15) is 13.2 Å². The predicted molar refractivity (Wildman–Crippen MR) is 88.6 cm³/mol. The van der Waals surface area contributed by atoms with Gasteiger partial charge in [-0.15, -0.1) is 0 Å². The first-order valence-electron chi connectivity index (χ1n) is 8.12. The van der Waals surface area contributed by atoms with Crippen molar-refractivity contribution in [3.8, 4) is 0 Å². The second kappa shape index (κ2) is 6.68. The van der Waals surface area contributed by atoms with Gasteiger partial charge >= 0.3 is 12.0 Å². The lowest BCUT2D eigenvalue weighted by molar-refractivity contribution is -0.355. The van der Waals surface area contributed by atoms with E-state index in [2.05, 4.69) is 33.8 Å². The zero-order chi connectivity index (χ0) is 18.9. The Morgan fingerprint density at radius 2 is 1.92 bits per heavy atom. The molecule has 8 heteroatoms. The minimum absolute atomic E-state index is 0.0577. The number of oxime groups is 1. The maximum absolute atomic E-state index is 12.8. The molecule has 1 N–H and O–H groups in total. The first-order valence-corrected chi connectivity index (χ1v) is 8.12. The fraction of sp³-hybridized carbons (Fsp3) is 0.389. The third kappa shape index (κ3) is 3.55. The molecule has 138 valence electrons. The zero-order valence-electron chi connectivity index (χ0n) is 14.3. The predicted octanol–water partition coefficient (Wildman–Crippen LogP) is 3.57. The number of aliphatic hydroxyl groups is 1. The quantitative estimate of drug-likeness (QED) is 0.900. The van der Waals surface area contributed by atoms with Gasteiger partial charge in [0.1, 0.15) is 6.33 Å². The van der Waals surface area contributed by atoms with E-state index in [-0.39, 0.29) is 11.6 Å². The summed E-state index contributed by atoms with van der Waals surface area (Å²) in [5.41, 5.74) is 3.47. The molecule has 0 radical (unpaired) electrons. The molecule has 5 nitrogen and oxygen atoms in total. The van der Waals surface area contributed by atoms with E-state index in [1.807, 2.05) is 0 Å². The van der Waals surface area contributed by atoms with Gasteiger partial charge < -0.3 is 9.94 Å². The molecule has 2 heterocycles. The molecule has 3 rings (SSSR count). The van der Waals surface area contributed by atoms with Crippen LogP contribution in [0.4, 0.5) is 13.2 Å². The summed E-state index contributed by atoms with van der Waals surface area (Å²) < 4.78 is 38.3. The smallest absolute Gasteiger partial charge is 0.350 e. The molecule has 0 saturated heterocycles. The summed E-state index contributed by atoms with van der Waals surface area (Å²) in [7, 11) is 0. The lowest BCUT2D eigenvalue weighted by Crippen LogP contribution is -2.45. The van der Waals surface area contributed by atoms with Crippen LogP contribution in [-0.2, 0) is 11.3 Å². The molecule has 0 aliphatic carbocycles. The summed E-state index contributed by atoms with van der Waals surface area (Å²) in [6.45, 7) is 4.10. The maximum atomic E-state index is 12.8. The first kappa shape index (κ1) is 18.3. The van der Waals surface area contributed by atoms with E-state index in [4.69, 9.17) is 0 Å². The summed E-state index contributed by atoms with van der Waals surface area (Å²) in [5.74, 6) is -2.99. The maximum Gasteiger partial charge on any atom is 0.458 e. The van der Waals surface area contributed by atoms with E-state index in [0.717, 1.165) is 16.8 Å². The van der Waals surface area contributed by atoms with Crippen molar-refractivity contribution in [1.29, 1.82) is 0 Å². The van der Waals surface area contributed by atoms with Crippen LogP contribution >= 0.6 is 0 Å². The van der Waals surface area contributed by atoms with Crippen molar-refractivity contribution < 1.29 is 23.1 Å². The number of hydrogen-bond acceptors (Lipinski definition) is 5. The SMILES string of the molecule is CC(C)c1ncncc1Cc1ccc(C2=NOC(O)(C(F)(F)F)C2)cc1. The zero-order valence-corrected chi connectivity index (χ0v) is 14.3. The van der Waals surface area contributed by atoms with Crippen LogP contribution in [0.25, 0.3) is 0 Å². The Labute approximate surface area is 148 Å². The molecule has 1 aliphatic heterocycles. The number of aromatic nitrogens is 2. The highest BCUT2D eigenvalue weighted by Gasteiger charge is 2.60. The van der Waals surface area contributed by atoms with Gasteiger partial charge in [0.25, 0.3) is 0 Å². The Bertz CT molecular complexity index is 819. The van der Waals surface area contributed by atoms with Crippen LogP contribution in [0.1, 0.15) is 48.6 Å². The van der Waals surface area contributed by atoms with Gasteiger partial charge in [-0.1, -0.05) is 43.3 Å². The molecule has 26 heavy (non-hydrogen) atoms. The average molecular weight is 365 g/mol. The number of alkyl halides is 3. The topological polar surface area (TPSA) is 67.6 Å². The van der Waals surface area contributed by atoms with Crippen LogP contribution in [-0.4, -0.2) is 32.7 Å². The monoisotopic (exact) mass is 365 g/mol. The summed E-state index contributed by atoms with van der Waals surface area (Å²) >= 11 is 0. The van der Waals surface area contributed by atoms with Crippen LogP contribution in [0, 0.1) is 0 Å². The third-order valence-electron chi connectivity index (χ3n) is 4.21. The molecule has 0 amide bonds. The van der Waals surface area contributed by atoms with Gasteiger partial charge in [0.05, 0.1) is 12.1 Å². The minimum atomic E-state index is -4.90. The van der Waals surface area contributed by atoms with E-state index in [1.165, 1.54) is 6.33 Å². The second-order valence-electron chi connectivity index (χ2n) is 6.55. The van der Waals surface area contributed by atoms with Crippen molar-refractivity contribution in [3.05, 3.63) is 59.2 Å². The van der Waals surface area contributed by atoms with Crippen LogP contribution in [0.5, 0.6) is 0 Å². The van der Waals surface area contributed by atoms with Gasteiger partial charge in [-0.3, -0.25) is 0 Å². The molecule has 1 aliphatic rings. The molecule has 1 aromatic carbocycles. The fourth-order valence-electron chi connectivity index (χ4n) is 2.79. The van der Waals surface area contributed by atoms with E-state index in [9.17, 15) is 18.3 Å². The molecule has 0 fully saturated rings. The Balaban J connectivity index is 1.75. The Morgan fingerprint density at radius 1 is 1.23 bits per heavy atom. The second-order valence-corrected chi connectivity index (χ2v) is 6.55. The number of benzene rings is 1. The molecule has 1 aromatic heterocycles. The van der Waals surface area contributed by atoms with E-state index in [1.54, 1.807) is 30.5 Å².